The van der Waals surface area contributed by atoms with Gasteiger partial charge in [0, 0.05) is 19.5 Å². The molecule has 0 bridgehead atoms. The summed E-state index contributed by atoms with van der Waals surface area (Å²) in [6.45, 7) is 3.29. The topological polar surface area (TPSA) is 99.7 Å². The monoisotopic (exact) mass is 216 g/mol. The molecule has 6 nitrogen and oxygen atoms in total. The van der Waals surface area contributed by atoms with E-state index in [1.807, 2.05) is 0 Å². The summed E-state index contributed by atoms with van der Waals surface area (Å²) in [5.41, 5.74) is 5.26. The predicted molar refractivity (Wildman–Crippen MR) is 59.0 cm³/mol. The summed E-state index contributed by atoms with van der Waals surface area (Å²) in [5.74, 6) is 0.184. The standard InChI is InChI=1S/C9H20N4O2/c1-2-3-6-11-9(14)12-7-4-5-8(10)13-15/h15H,2-7H2,1H3,(H2,10,13)(H2,11,12,14). The van der Waals surface area contributed by atoms with Crippen molar-refractivity contribution < 1.29 is 10.0 Å². The second-order valence-corrected chi connectivity index (χ2v) is 3.23. The first-order valence-electron chi connectivity index (χ1n) is 5.18. The van der Waals surface area contributed by atoms with Crippen molar-refractivity contribution in [3.05, 3.63) is 0 Å². The maximum absolute atomic E-state index is 11.1. The molecule has 0 aromatic rings. The number of hydrogen-bond donors (Lipinski definition) is 4. The van der Waals surface area contributed by atoms with Crippen LogP contribution in [-0.2, 0) is 0 Å². The Hall–Kier alpha value is -1.46. The molecule has 0 fully saturated rings. The van der Waals surface area contributed by atoms with Gasteiger partial charge in [-0.2, -0.15) is 0 Å². The minimum absolute atomic E-state index is 0.164. The van der Waals surface area contributed by atoms with E-state index >= 15 is 0 Å². The van der Waals surface area contributed by atoms with Crippen molar-refractivity contribution in [2.75, 3.05) is 13.1 Å². The Morgan fingerprint density at radius 3 is 2.47 bits per heavy atom. The van der Waals surface area contributed by atoms with E-state index in [1.165, 1.54) is 0 Å². The molecule has 5 N–H and O–H groups in total. The first-order chi connectivity index (χ1) is 7.20. The van der Waals surface area contributed by atoms with E-state index in [0.29, 0.717) is 25.9 Å². The fraction of sp³-hybridized carbons (Fsp3) is 0.778. The summed E-state index contributed by atoms with van der Waals surface area (Å²) < 4.78 is 0. The summed E-state index contributed by atoms with van der Waals surface area (Å²) in [5, 5.41) is 16.5. The number of amidine groups is 1. The van der Waals surface area contributed by atoms with Gasteiger partial charge >= 0.3 is 6.03 Å². The zero-order valence-corrected chi connectivity index (χ0v) is 9.12. The molecule has 0 atom stereocenters. The molecule has 2 amide bonds. The minimum Gasteiger partial charge on any atom is -0.409 e. The van der Waals surface area contributed by atoms with Gasteiger partial charge in [-0.05, 0) is 12.8 Å². The van der Waals surface area contributed by atoms with Crippen molar-refractivity contribution >= 4 is 11.9 Å². The molecule has 0 aliphatic carbocycles. The van der Waals surface area contributed by atoms with Gasteiger partial charge in [0.1, 0.15) is 5.84 Å². The Balaban J connectivity index is 3.31. The average molecular weight is 216 g/mol. The first-order valence-corrected chi connectivity index (χ1v) is 5.18. The van der Waals surface area contributed by atoms with E-state index in [-0.39, 0.29) is 11.9 Å². The van der Waals surface area contributed by atoms with Crippen molar-refractivity contribution in [1.82, 2.24) is 10.6 Å². The number of rotatable bonds is 7. The maximum atomic E-state index is 11.1. The zero-order chi connectivity index (χ0) is 11.5. The van der Waals surface area contributed by atoms with E-state index in [9.17, 15) is 4.79 Å². The summed E-state index contributed by atoms with van der Waals surface area (Å²) in [6, 6.07) is -0.164. The molecule has 0 aromatic carbocycles. The molecule has 0 aromatic heterocycles. The van der Waals surface area contributed by atoms with Gasteiger partial charge in [-0.3, -0.25) is 0 Å². The molecule has 0 unspecified atom stereocenters. The van der Waals surface area contributed by atoms with Crippen LogP contribution in [0.15, 0.2) is 5.16 Å². The molecule has 0 saturated carbocycles. The van der Waals surface area contributed by atoms with Gasteiger partial charge in [-0.1, -0.05) is 18.5 Å². The van der Waals surface area contributed by atoms with Gasteiger partial charge in [-0.15, -0.1) is 0 Å². The quantitative estimate of drug-likeness (QED) is 0.165. The largest absolute Gasteiger partial charge is 0.409 e. The highest BCUT2D eigenvalue weighted by Crippen LogP contribution is 1.86. The van der Waals surface area contributed by atoms with Crippen LogP contribution in [0.2, 0.25) is 0 Å². The van der Waals surface area contributed by atoms with Gasteiger partial charge in [0.05, 0.1) is 0 Å². The molecule has 15 heavy (non-hydrogen) atoms. The average Bonchev–Trinajstić information content (AvgIpc) is 2.24. The Morgan fingerprint density at radius 2 is 1.93 bits per heavy atom. The maximum Gasteiger partial charge on any atom is 0.314 e. The third kappa shape index (κ3) is 8.86. The second kappa shape index (κ2) is 9.11. The number of carbonyl (C=O) groups excluding carboxylic acids is 1. The summed E-state index contributed by atoms with van der Waals surface area (Å²) in [6.07, 6.45) is 3.18. The normalized spacial score (nSPS) is 11.1. The van der Waals surface area contributed by atoms with E-state index in [2.05, 4.69) is 22.7 Å². The molecule has 0 radical (unpaired) electrons. The van der Waals surface area contributed by atoms with Crippen LogP contribution < -0.4 is 16.4 Å². The molecule has 0 aliphatic heterocycles. The number of nitrogens with one attached hydrogen (secondary N) is 2. The minimum atomic E-state index is -0.164. The number of nitrogens with two attached hydrogens (primary N) is 1. The number of carbonyl (C=O) groups is 1. The van der Waals surface area contributed by atoms with Crippen LogP contribution >= 0.6 is 0 Å². The Kier molecular flexibility index (Phi) is 8.22. The number of nitrogens with zero attached hydrogens (tertiary/aromatic N) is 1. The highest BCUT2D eigenvalue weighted by atomic mass is 16.4. The Bertz CT molecular complexity index is 206. The number of amides is 2. The highest BCUT2D eigenvalue weighted by Gasteiger charge is 1.98. The van der Waals surface area contributed by atoms with E-state index in [0.717, 1.165) is 12.8 Å². The molecule has 6 heteroatoms. The molecule has 0 spiro atoms. The van der Waals surface area contributed by atoms with E-state index < -0.39 is 0 Å². The highest BCUT2D eigenvalue weighted by molar-refractivity contribution is 5.79. The second-order valence-electron chi connectivity index (χ2n) is 3.23. The molecule has 0 rings (SSSR count). The Morgan fingerprint density at radius 1 is 1.33 bits per heavy atom. The molecular weight excluding hydrogens is 196 g/mol. The lowest BCUT2D eigenvalue weighted by atomic mass is 10.3. The molecule has 88 valence electrons. The van der Waals surface area contributed by atoms with Crippen molar-refractivity contribution in [2.45, 2.75) is 32.6 Å². The van der Waals surface area contributed by atoms with Gasteiger partial charge in [0.25, 0.3) is 0 Å². The summed E-state index contributed by atoms with van der Waals surface area (Å²) in [7, 11) is 0. The van der Waals surface area contributed by atoms with Gasteiger partial charge in [-0.25, -0.2) is 4.79 Å². The third-order valence-corrected chi connectivity index (χ3v) is 1.84. The SMILES string of the molecule is CCCCNC(=O)NCCCC(N)=NO. The lowest BCUT2D eigenvalue weighted by Gasteiger charge is -2.06. The zero-order valence-electron chi connectivity index (χ0n) is 9.12. The van der Waals surface area contributed by atoms with Crippen LogP contribution in [0.4, 0.5) is 4.79 Å². The summed E-state index contributed by atoms with van der Waals surface area (Å²) in [4.78, 5) is 11.1. The predicted octanol–water partition coefficient (Wildman–Crippen LogP) is 0.612. The number of oxime groups is 1. The fourth-order valence-electron chi connectivity index (χ4n) is 0.963. The van der Waals surface area contributed by atoms with E-state index in [4.69, 9.17) is 10.9 Å². The van der Waals surface area contributed by atoms with Crippen LogP contribution in [0.3, 0.4) is 0 Å². The van der Waals surface area contributed by atoms with Crippen LogP contribution in [0.25, 0.3) is 0 Å². The van der Waals surface area contributed by atoms with Crippen LogP contribution in [0.5, 0.6) is 0 Å². The number of unbranched alkanes of at least 4 members (excludes halogenated alkanes) is 1. The van der Waals surface area contributed by atoms with Crippen LogP contribution in [0, 0.1) is 0 Å². The molecule has 0 saturated heterocycles. The van der Waals surface area contributed by atoms with Gasteiger partial charge in [0.2, 0.25) is 0 Å². The Labute approximate surface area is 89.9 Å². The molecule has 0 aliphatic rings. The van der Waals surface area contributed by atoms with Gasteiger partial charge in [0.15, 0.2) is 0 Å². The lowest BCUT2D eigenvalue weighted by molar-refractivity contribution is 0.240. The molecular formula is C9H20N4O2. The third-order valence-electron chi connectivity index (χ3n) is 1.84. The van der Waals surface area contributed by atoms with Crippen LogP contribution in [0.1, 0.15) is 32.6 Å². The molecule has 0 heterocycles. The summed E-state index contributed by atoms with van der Waals surface area (Å²) >= 11 is 0. The van der Waals surface area contributed by atoms with Crippen LogP contribution in [-0.4, -0.2) is 30.2 Å². The van der Waals surface area contributed by atoms with Crippen molar-refractivity contribution in [2.24, 2.45) is 10.9 Å². The van der Waals surface area contributed by atoms with Crippen molar-refractivity contribution in [1.29, 1.82) is 0 Å². The first kappa shape index (κ1) is 13.5. The number of urea groups is 1. The smallest absolute Gasteiger partial charge is 0.314 e. The van der Waals surface area contributed by atoms with Crippen molar-refractivity contribution in [3.63, 3.8) is 0 Å². The van der Waals surface area contributed by atoms with Crippen molar-refractivity contribution in [3.8, 4) is 0 Å². The fourth-order valence-corrected chi connectivity index (χ4v) is 0.963. The lowest BCUT2D eigenvalue weighted by Crippen LogP contribution is -2.36. The van der Waals surface area contributed by atoms with E-state index in [1.54, 1.807) is 0 Å². The van der Waals surface area contributed by atoms with Gasteiger partial charge < -0.3 is 21.6 Å². The number of hydrogen-bond acceptors (Lipinski definition) is 3.